The van der Waals surface area contributed by atoms with E-state index in [1.165, 1.54) is 25.1 Å². The molecule has 0 saturated heterocycles. The molecule has 0 radical (unpaired) electrons. The normalized spacial score (nSPS) is 18.3. The third kappa shape index (κ3) is 7.24. The second kappa shape index (κ2) is 10.2. The van der Waals surface area contributed by atoms with Crippen LogP contribution in [0.1, 0.15) is 13.3 Å². The Morgan fingerprint density at radius 1 is 1.23 bits per heavy atom. The van der Waals surface area contributed by atoms with Gasteiger partial charge in [-0.15, -0.1) is 0 Å². The lowest BCUT2D eigenvalue weighted by Crippen LogP contribution is -2.47. The predicted molar refractivity (Wildman–Crippen MR) is 107 cm³/mol. The number of benzene rings is 1. The quantitative estimate of drug-likeness (QED) is 0.304. The largest absolute Gasteiger partial charge is 0.480 e. The molecule has 0 fully saturated rings. The molecule has 2 rings (SSSR count). The van der Waals surface area contributed by atoms with Gasteiger partial charge in [0.25, 0.3) is 0 Å². The zero-order chi connectivity index (χ0) is 23.3. The smallest absolute Gasteiger partial charge is 0.352 e. The van der Waals surface area contributed by atoms with E-state index in [-0.39, 0.29) is 22.8 Å². The maximum absolute atomic E-state index is 11.5. The number of carboxylic acids is 3. The standard InChI is InChI=1S/C12H10Cl2N2O4.C3H8NO5P/c1-12(11(19)20)5-8(10(17)18)15-16(12)9-3-2-6(13)4-7(9)14;5-3(6)1-4-2-10(7,8)9/h2-4H,5H2,1H3,(H,17,18)(H,19,20);4H,1-2H2,(H,5,6)(H2,7,8,9). The van der Waals surface area contributed by atoms with E-state index in [2.05, 4.69) is 10.4 Å². The monoisotopic (exact) mass is 485 g/mol. The minimum absolute atomic E-state index is 0.195. The molecular formula is C15H18Cl2N3O9P. The van der Waals surface area contributed by atoms with Crippen molar-refractivity contribution in [2.24, 2.45) is 5.10 Å². The topological polar surface area (TPSA) is 197 Å². The zero-order valence-corrected chi connectivity index (χ0v) is 17.7. The van der Waals surface area contributed by atoms with Crippen molar-refractivity contribution in [3.8, 4) is 0 Å². The van der Waals surface area contributed by atoms with Gasteiger partial charge in [-0.2, -0.15) is 5.10 Å². The second-order valence-electron chi connectivity index (χ2n) is 6.16. The predicted octanol–water partition coefficient (Wildman–Crippen LogP) is 1.28. The summed E-state index contributed by atoms with van der Waals surface area (Å²) in [5, 5.41) is 34.0. The fourth-order valence-corrected chi connectivity index (χ4v) is 3.12. The molecular weight excluding hydrogens is 468 g/mol. The molecule has 1 aromatic carbocycles. The average Bonchev–Trinajstić information content (AvgIpc) is 2.93. The number of rotatable bonds is 7. The summed E-state index contributed by atoms with van der Waals surface area (Å²) in [4.78, 5) is 48.6. The number of halogens is 2. The van der Waals surface area contributed by atoms with Gasteiger partial charge in [0.05, 0.1) is 23.5 Å². The number of hydrogen-bond acceptors (Lipinski definition) is 7. The molecule has 0 aliphatic carbocycles. The second-order valence-corrected chi connectivity index (χ2v) is 8.65. The number of nitrogens with one attached hydrogen (secondary N) is 1. The van der Waals surface area contributed by atoms with Gasteiger partial charge in [-0.25, -0.2) is 14.6 Å². The lowest BCUT2D eigenvalue weighted by molar-refractivity contribution is -0.142. The number of carbonyl (C=O) groups is 3. The molecule has 6 N–H and O–H groups in total. The van der Waals surface area contributed by atoms with E-state index in [0.717, 1.165) is 5.01 Å². The van der Waals surface area contributed by atoms with Crippen LogP contribution in [0, 0.1) is 0 Å². The number of anilines is 1. The molecule has 0 amide bonds. The Bertz CT molecular complexity index is 921. The Hall–Kier alpha value is -2.21. The van der Waals surface area contributed by atoms with Crippen LogP contribution < -0.4 is 10.3 Å². The van der Waals surface area contributed by atoms with Crippen molar-refractivity contribution in [2.45, 2.75) is 18.9 Å². The van der Waals surface area contributed by atoms with Crippen molar-refractivity contribution in [3.05, 3.63) is 28.2 Å². The van der Waals surface area contributed by atoms with Crippen molar-refractivity contribution in [2.75, 3.05) is 17.8 Å². The molecule has 1 aromatic rings. The van der Waals surface area contributed by atoms with Gasteiger partial charge in [0, 0.05) is 11.4 Å². The number of hydrazone groups is 1. The fourth-order valence-electron chi connectivity index (χ4n) is 2.23. The highest BCUT2D eigenvalue weighted by Crippen LogP contribution is 2.38. The van der Waals surface area contributed by atoms with Gasteiger partial charge in [-0.1, -0.05) is 23.2 Å². The van der Waals surface area contributed by atoms with Crippen LogP contribution in [0.15, 0.2) is 23.3 Å². The van der Waals surface area contributed by atoms with E-state index in [0.29, 0.717) is 5.02 Å². The van der Waals surface area contributed by atoms with Crippen molar-refractivity contribution < 1.29 is 44.1 Å². The van der Waals surface area contributed by atoms with E-state index >= 15 is 0 Å². The summed E-state index contributed by atoms with van der Waals surface area (Å²) < 4.78 is 10.1. The average molecular weight is 486 g/mol. The van der Waals surface area contributed by atoms with E-state index in [1.807, 2.05) is 0 Å². The maximum atomic E-state index is 11.5. The van der Waals surface area contributed by atoms with E-state index in [4.69, 9.17) is 43.2 Å². The van der Waals surface area contributed by atoms with Gasteiger partial charge in [-0.3, -0.25) is 14.7 Å². The summed E-state index contributed by atoms with van der Waals surface area (Å²) in [6.45, 7) is 0.949. The van der Waals surface area contributed by atoms with E-state index in [9.17, 15) is 24.1 Å². The molecule has 12 nitrogen and oxygen atoms in total. The third-order valence-electron chi connectivity index (χ3n) is 3.64. The highest BCUT2D eigenvalue weighted by molar-refractivity contribution is 7.51. The summed E-state index contributed by atoms with van der Waals surface area (Å²) in [7, 11) is -4.10. The number of carboxylic acid groups (broad SMARTS) is 3. The fraction of sp³-hybridized carbons (Fsp3) is 0.333. The van der Waals surface area contributed by atoms with Crippen molar-refractivity contribution in [3.63, 3.8) is 0 Å². The van der Waals surface area contributed by atoms with E-state index < -0.39 is 43.9 Å². The van der Waals surface area contributed by atoms with Crippen LogP contribution >= 0.6 is 30.8 Å². The molecule has 1 heterocycles. The van der Waals surface area contributed by atoms with E-state index in [1.54, 1.807) is 0 Å². The van der Waals surface area contributed by atoms with Crippen LogP contribution in [-0.4, -0.2) is 67.1 Å². The van der Waals surface area contributed by atoms with Gasteiger partial charge in [0.2, 0.25) is 0 Å². The van der Waals surface area contributed by atoms with Gasteiger partial charge in [-0.05, 0) is 25.1 Å². The molecule has 0 bridgehead atoms. The molecule has 166 valence electrons. The first-order valence-electron chi connectivity index (χ1n) is 7.94. The molecule has 1 aliphatic rings. The summed E-state index contributed by atoms with van der Waals surface area (Å²) >= 11 is 11.8. The van der Waals surface area contributed by atoms with Crippen LogP contribution in [0.2, 0.25) is 10.0 Å². The Morgan fingerprint density at radius 2 is 1.83 bits per heavy atom. The Balaban J connectivity index is 0.000000382. The highest BCUT2D eigenvalue weighted by atomic mass is 35.5. The SMILES string of the molecule is CC1(C(=O)O)CC(C(=O)O)=NN1c1ccc(Cl)cc1Cl.O=C(O)CNCP(=O)(O)O. The maximum Gasteiger partial charge on any atom is 0.352 e. The summed E-state index contributed by atoms with van der Waals surface area (Å²) in [6, 6.07) is 4.47. The number of nitrogens with zero attached hydrogens (tertiary/aromatic N) is 2. The molecule has 0 spiro atoms. The minimum atomic E-state index is -4.10. The van der Waals surface area contributed by atoms with Gasteiger partial charge >= 0.3 is 25.5 Å². The van der Waals surface area contributed by atoms with Gasteiger partial charge < -0.3 is 25.1 Å². The first kappa shape index (κ1) is 25.8. The molecule has 1 aliphatic heterocycles. The lowest BCUT2D eigenvalue weighted by atomic mass is 9.95. The lowest BCUT2D eigenvalue weighted by Gasteiger charge is -2.30. The number of aliphatic carboxylic acids is 3. The summed E-state index contributed by atoms with van der Waals surface area (Å²) in [5.41, 5.74) is -1.45. The first-order valence-corrected chi connectivity index (χ1v) is 10.5. The Morgan fingerprint density at radius 3 is 2.27 bits per heavy atom. The van der Waals surface area contributed by atoms with Crippen LogP contribution in [-0.2, 0) is 18.9 Å². The van der Waals surface area contributed by atoms with Crippen molar-refractivity contribution in [1.29, 1.82) is 0 Å². The van der Waals surface area contributed by atoms with Crippen LogP contribution in [0.4, 0.5) is 5.69 Å². The Labute approximate surface area is 179 Å². The first-order chi connectivity index (χ1) is 13.7. The third-order valence-corrected chi connectivity index (χ3v) is 4.81. The molecule has 0 aromatic heterocycles. The molecule has 30 heavy (non-hydrogen) atoms. The van der Waals surface area contributed by atoms with Gasteiger partial charge in [0.1, 0.15) is 5.71 Å². The minimum Gasteiger partial charge on any atom is -0.480 e. The highest BCUT2D eigenvalue weighted by Gasteiger charge is 2.48. The summed E-state index contributed by atoms with van der Waals surface area (Å²) in [5.74, 6) is -3.60. The van der Waals surface area contributed by atoms with Crippen molar-refractivity contribution >= 4 is 60.1 Å². The van der Waals surface area contributed by atoms with Gasteiger partial charge in [0.15, 0.2) is 5.54 Å². The van der Waals surface area contributed by atoms with Crippen LogP contribution in [0.25, 0.3) is 0 Å². The zero-order valence-electron chi connectivity index (χ0n) is 15.3. The molecule has 0 saturated carbocycles. The molecule has 15 heteroatoms. The summed E-state index contributed by atoms with van der Waals surface area (Å²) in [6.07, 6.45) is -0.823. The number of hydrogen-bond donors (Lipinski definition) is 6. The van der Waals surface area contributed by atoms with Crippen LogP contribution in [0.3, 0.4) is 0 Å². The molecule has 1 atom stereocenters. The van der Waals surface area contributed by atoms with Crippen molar-refractivity contribution in [1.82, 2.24) is 5.32 Å². The molecule has 1 unspecified atom stereocenters. The Kier molecular flexibility index (Phi) is 8.78. The van der Waals surface area contributed by atoms with Crippen LogP contribution in [0.5, 0.6) is 0 Å².